The first-order valence-corrected chi connectivity index (χ1v) is 7.03. The van der Waals surface area contributed by atoms with Crippen molar-refractivity contribution in [1.29, 1.82) is 0 Å². The van der Waals surface area contributed by atoms with Gasteiger partial charge in [-0.25, -0.2) is 0 Å². The van der Waals surface area contributed by atoms with Crippen LogP contribution in [0, 0.1) is 0 Å². The summed E-state index contributed by atoms with van der Waals surface area (Å²) in [6, 6.07) is 5.39. The number of phenols is 4. The maximum Gasteiger partial charge on any atom is 0.193 e. The SMILES string of the molecule is CBc1cc(C(=O)c2cc(O)c(O)c(BC)c2)cc(O)c1O. The van der Waals surface area contributed by atoms with E-state index in [1.54, 1.807) is 13.6 Å². The van der Waals surface area contributed by atoms with Crippen molar-refractivity contribution in [3.05, 3.63) is 35.4 Å². The molecule has 2 aromatic rings. The zero-order valence-corrected chi connectivity index (χ0v) is 12.4. The lowest BCUT2D eigenvalue weighted by Gasteiger charge is -2.10. The average molecular weight is 298 g/mol. The molecule has 0 aliphatic carbocycles. The van der Waals surface area contributed by atoms with Gasteiger partial charge in [0.05, 0.1) is 0 Å². The summed E-state index contributed by atoms with van der Waals surface area (Å²) in [6.45, 7) is 3.59. The minimum absolute atomic E-state index is 0.208. The topological polar surface area (TPSA) is 98.0 Å². The van der Waals surface area contributed by atoms with E-state index in [1.165, 1.54) is 24.3 Å². The minimum Gasteiger partial charge on any atom is -0.505 e. The van der Waals surface area contributed by atoms with Gasteiger partial charge in [-0.3, -0.25) is 4.79 Å². The summed E-state index contributed by atoms with van der Waals surface area (Å²) in [7, 11) is 0.920. The summed E-state index contributed by atoms with van der Waals surface area (Å²) < 4.78 is 0. The van der Waals surface area contributed by atoms with Crippen LogP contribution in [0.1, 0.15) is 15.9 Å². The fourth-order valence-corrected chi connectivity index (χ4v) is 2.32. The van der Waals surface area contributed by atoms with Crippen LogP contribution in [0.4, 0.5) is 0 Å². The molecule has 5 nitrogen and oxygen atoms in total. The third kappa shape index (κ3) is 2.74. The van der Waals surface area contributed by atoms with Gasteiger partial charge in [0.2, 0.25) is 0 Å². The van der Waals surface area contributed by atoms with E-state index >= 15 is 0 Å². The molecule has 0 aromatic heterocycles. The Morgan fingerprint density at radius 3 is 1.45 bits per heavy atom. The molecule has 2 aromatic carbocycles. The molecule has 0 heterocycles. The highest BCUT2D eigenvalue weighted by Crippen LogP contribution is 2.27. The first-order valence-electron chi connectivity index (χ1n) is 7.03. The van der Waals surface area contributed by atoms with Crippen LogP contribution in [0.2, 0.25) is 13.6 Å². The van der Waals surface area contributed by atoms with Crippen LogP contribution in [0.5, 0.6) is 23.0 Å². The molecule has 0 spiro atoms. The second-order valence-electron chi connectivity index (χ2n) is 5.04. The highest BCUT2D eigenvalue weighted by Gasteiger charge is 2.18. The van der Waals surface area contributed by atoms with Gasteiger partial charge in [0, 0.05) is 11.1 Å². The highest BCUT2D eigenvalue weighted by molar-refractivity contribution is 6.54. The molecule has 0 aliphatic heterocycles. The summed E-state index contributed by atoms with van der Waals surface area (Å²) in [6.07, 6.45) is 0. The van der Waals surface area contributed by atoms with Gasteiger partial charge < -0.3 is 20.4 Å². The lowest BCUT2D eigenvalue weighted by molar-refractivity contribution is 0.103. The van der Waals surface area contributed by atoms with Gasteiger partial charge in [0.15, 0.2) is 43.3 Å². The molecule has 0 amide bonds. The molecule has 0 fully saturated rings. The van der Waals surface area contributed by atoms with E-state index in [4.69, 9.17) is 0 Å². The molecule has 0 bridgehead atoms. The van der Waals surface area contributed by atoms with Gasteiger partial charge in [-0.15, -0.1) is 0 Å². The van der Waals surface area contributed by atoms with Crippen LogP contribution >= 0.6 is 0 Å². The summed E-state index contributed by atoms with van der Waals surface area (Å²) >= 11 is 0. The third-order valence-electron chi connectivity index (χ3n) is 3.62. The van der Waals surface area contributed by atoms with E-state index in [9.17, 15) is 25.2 Å². The first-order chi connectivity index (χ1) is 10.4. The Morgan fingerprint density at radius 2 is 1.14 bits per heavy atom. The van der Waals surface area contributed by atoms with Gasteiger partial charge in [0.25, 0.3) is 0 Å². The van der Waals surface area contributed by atoms with Crippen LogP contribution in [-0.2, 0) is 0 Å². The summed E-state index contributed by atoms with van der Waals surface area (Å²) in [4.78, 5) is 12.5. The van der Waals surface area contributed by atoms with E-state index in [0.29, 0.717) is 25.5 Å². The van der Waals surface area contributed by atoms with Crippen molar-refractivity contribution in [2.45, 2.75) is 13.6 Å². The predicted molar refractivity (Wildman–Crippen MR) is 88.3 cm³/mol. The first kappa shape index (κ1) is 15.8. The van der Waals surface area contributed by atoms with Crippen LogP contribution in [0.3, 0.4) is 0 Å². The maximum absolute atomic E-state index is 12.5. The number of carbonyl (C=O) groups excluding carboxylic acids is 1. The molecule has 112 valence electrons. The molecule has 0 unspecified atom stereocenters. The number of ketones is 1. The molecule has 0 aliphatic rings. The van der Waals surface area contributed by atoms with Crippen molar-refractivity contribution in [1.82, 2.24) is 0 Å². The number of carbonyl (C=O) groups is 1. The zero-order chi connectivity index (χ0) is 16.4. The number of benzene rings is 2. The van der Waals surface area contributed by atoms with E-state index in [-0.39, 0.29) is 34.1 Å². The second kappa shape index (κ2) is 6.05. The smallest absolute Gasteiger partial charge is 0.193 e. The largest absolute Gasteiger partial charge is 0.505 e. The Bertz CT molecular complexity index is 682. The number of phenolic OH excluding ortho intramolecular Hbond substituents is 4. The molecular formula is C15H16B2O5. The molecule has 0 radical (unpaired) electrons. The van der Waals surface area contributed by atoms with Crippen molar-refractivity contribution in [2.24, 2.45) is 0 Å². The van der Waals surface area contributed by atoms with Crippen LogP contribution < -0.4 is 10.9 Å². The van der Waals surface area contributed by atoms with E-state index in [1.807, 2.05) is 0 Å². The molecule has 7 heteroatoms. The molecule has 22 heavy (non-hydrogen) atoms. The maximum atomic E-state index is 12.5. The molecule has 0 saturated heterocycles. The molecular weight excluding hydrogens is 282 g/mol. The van der Waals surface area contributed by atoms with Gasteiger partial charge in [-0.05, 0) is 23.1 Å². The lowest BCUT2D eigenvalue weighted by atomic mass is 9.71. The Kier molecular flexibility index (Phi) is 4.35. The average Bonchev–Trinajstić information content (AvgIpc) is 2.51. The molecule has 2 rings (SSSR count). The number of hydrogen-bond donors (Lipinski definition) is 4. The van der Waals surface area contributed by atoms with Crippen molar-refractivity contribution in [3.8, 4) is 23.0 Å². The summed E-state index contributed by atoms with van der Waals surface area (Å²) in [5.41, 5.74) is 1.34. The Labute approximate surface area is 129 Å². The second-order valence-corrected chi connectivity index (χ2v) is 5.04. The van der Waals surface area contributed by atoms with Crippen LogP contribution in [-0.4, -0.2) is 40.8 Å². The van der Waals surface area contributed by atoms with E-state index < -0.39 is 5.78 Å². The third-order valence-corrected chi connectivity index (χ3v) is 3.62. The van der Waals surface area contributed by atoms with Crippen LogP contribution in [0.15, 0.2) is 24.3 Å². The quantitative estimate of drug-likeness (QED) is 0.361. The van der Waals surface area contributed by atoms with Crippen molar-refractivity contribution >= 4 is 31.3 Å². The Morgan fingerprint density at radius 1 is 0.773 bits per heavy atom. The lowest BCUT2D eigenvalue weighted by Crippen LogP contribution is -2.17. The Hall–Kier alpha value is -2.56. The highest BCUT2D eigenvalue weighted by atomic mass is 16.3. The molecule has 0 saturated carbocycles. The number of hydrogen-bond acceptors (Lipinski definition) is 5. The minimum atomic E-state index is -0.407. The molecule has 0 atom stereocenters. The summed E-state index contributed by atoms with van der Waals surface area (Å²) in [5.74, 6) is -1.60. The van der Waals surface area contributed by atoms with E-state index in [2.05, 4.69) is 0 Å². The van der Waals surface area contributed by atoms with Gasteiger partial charge in [-0.2, -0.15) is 0 Å². The van der Waals surface area contributed by atoms with Crippen molar-refractivity contribution in [2.75, 3.05) is 0 Å². The monoisotopic (exact) mass is 298 g/mol. The van der Waals surface area contributed by atoms with Gasteiger partial charge in [0.1, 0.15) is 0 Å². The van der Waals surface area contributed by atoms with Gasteiger partial charge >= 0.3 is 0 Å². The van der Waals surface area contributed by atoms with Crippen molar-refractivity contribution in [3.63, 3.8) is 0 Å². The Balaban J connectivity index is 2.53. The fraction of sp³-hybridized carbons (Fsp3) is 0.133. The van der Waals surface area contributed by atoms with E-state index in [0.717, 1.165) is 0 Å². The standard InChI is InChI=1S/C15H16B2O5/c1-16-9-3-7(5-11(18)14(9)21)13(20)8-4-10(17-2)15(22)12(19)6-8/h3-6,16-19,21-22H,1-2H3. The molecule has 4 N–H and O–H groups in total. The van der Waals surface area contributed by atoms with Crippen molar-refractivity contribution < 1.29 is 25.2 Å². The normalized spacial score (nSPS) is 10.3. The van der Waals surface area contributed by atoms with Crippen LogP contribution in [0.25, 0.3) is 0 Å². The summed E-state index contributed by atoms with van der Waals surface area (Å²) in [5, 5.41) is 38.8. The van der Waals surface area contributed by atoms with Gasteiger partial charge in [-0.1, -0.05) is 25.8 Å². The zero-order valence-electron chi connectivity index (χ0n) is 12.4. The predicted octanol–water partition coefficient (Wildman–Crippen LogP) is -0.0402. The fourth-order valence-electron chi connectivity index (χ4n) is 2.32. The number of rotatable bonds is 4. The number of aromatic hydroxyl groups is 4.